The Hall–Kier alpha value is 0.540. The molecular formula is C13H8BrCl7N4. The molecule has 0 aliphatic heterocycles. The number of hydrogen-bond acceptors (Lipinski definition) is 4. The van der Waals surface area contributed by atoms with E-state index in [1.807, 2.05) is 6.07 Å². The molecule has 136 valence electrons. The number of rotatable bonds is 4. The minimum Gasteiger partial charge on any atom is -0.382 e. The van der Waals surface area contributed by atoms with Crippen LogP contribution < -0.4 is 5.32 Å². The van der Waals surface area contributed by atoms with Gasteiger partial charge >= 0.3 is 0 Å². The van der Waals surface area contributed by atoms with E-state index in [9.17, 15) is 0 Å². The van der Waals surface area contributed by atoms with Gasteiger partial charge in [-0.15, -0.1) is 11.6 Å². The van der Waals surface area contributed by atoms with Crippen LogP contribution >= 0.6 is 97.1 Å². The molecule has 0 spiro atoms. The molecule has 1 N–H and O–H groups in total. The number of alkyl halides is 7. The molecule has 1 aromatic carbocycles. The topological polar surface area (TPSA) is 50.7 Å². The monoisotopic (exact) mass is 544 g/mol. The van der Waals surface area contributed by atoms with E-state index < -0.39 is 7.59 Å². The van der Waals surface area contributed by atoms with Crippen LogP contribution in [0.4, 0.5) is 5.69 Å². The highest BCUT2D eigenvalue weighted by Crippen LogP contribution is 2.42. The third-order valence-corrected chi connectivity index (χ3v) is 4.66. The molecule has 0 radical (unpaired) electrons. The zero-order chi connectivity index (χ0) is 18.8. The standard InChI is InChI=1S/C13H8BrCl7N4/c14-7-3-1-2-6(8(7)22-5-4-15)9-23-10(12(16,17)18)25-11(24-9)13(19,20)21/h1-3,22H,4-5H2. The largest absolute Gasteiger partial charge is 0.382 e. The molecular weight excluding hydrogens is 540 g/mol. The molecule has 2 aromatic rings. The highest BCUT2D eigenvalue weighted by molar-refractivity contribution is 9.10. The Labute approximate surface area is 187 Å². The fraction of sp³-hybridized carbons (Fsp3) is 0.308. The second-order valence-electron chi connectivity index (χ2n) is 4.58. The molecule has 0 bridgehead atoms. The summed E-state index contributed by atoms with van der Waals surface area (Å²) in [7, 11) is 0. The van der Waals surface area contributed by atoms with Crippen LogP contribution in [0.2, 0.25) is 0 Å². The first-order valence-electron chi connectivity index (χ1n) is 6.53. The Bertz CT molecular complexity index is 729. The first kappa shape index (κ1) is 21.8. The molecule has 0 fully saturated rings. The van der Waals surface area contributed by atoms with Crippen molar-refractivity contribution in [2.75, 3.05) is 17.7 Å². The van der Waals surface area contributed by atoms with E-state index >= 15 is 0 Å². The summed E-state index contributed by atoms with van der Waals surface area (Å²) < 4.78 is -3.07. The number of nitrogens with one attached hydrogen (secondary N) is 1. The lowest BCUT2D eigenvalue weighted by Crippen LogP contribution is -2.17. The van der Waals surface area contributed by atoms with Gasteiger partial charge in [-0.3, -0.25) is 0 Å². The van der Waals surface area contributed by atoms with E-state index in [-0.39, 0.29) is 17.5 Å². The van der Waals surface area contributed by atoms with Crippen LogP contribution in [0.15, 0.2) is 22.7 Å². The highest BCUT2D eigenvalue weighted by atomic mass is 79.9. The highest BCUT2D eigenvalue weighted by Gasteiger charge is 2.34. The van der Waals surface area contributed by atoms with E-state index in [0.717, 1.165) is 4.47 Å². The minimum absolute atomic E-state index is 0.160. The maximum absolute atomic E-state index is 5.90. The van der Waals surface area contributed by atoms with Gasteiger partial charge in [0.2, 0.25) is 7.59 Å². The molecule has 1 heterocycles. The maximum atomic E-state index is 5.90. The summed E-state index contributed by atoms with van der Waals surface area (Å²) in [4.78, 5) is 12.4. The Morgan fingerprint density at radius 1 is 0.920 bits per heavy atom. The van der Waals surface area contributed by atoms with E-state index in [4.69, 9.17) is 81.2 Å². The molecule has 4 nitrogen and oxygen atoms in total. The average Bonchev–Trinajstić information content (AvgIpc) is 2.51. The predicted octanol–water partition coefficient (Wildman–Crippen LogP) is 6.61. The van der Waals surface area contributed by atoms with Crippen LogP contribution in [0.5, 0.6) is 0 Å². The quantitative estimate of drug-likeness (QED) is 0.438. The van der Waals surface area contributed by atoms with Gasteiger partial charge in [0, 0.05) is 22.5 Å². The van der Waals surface area contributed by atoms with Crippen LogP contribution in [-0.4, -0.2) is 27.4 Å². The molecule has 2 rings (SSSR count). The molecule has 0 atom stereocenters. The average molecular weight is 548 g/mol. The molecule has 25 heavy (non-hydrogen) atoms. The summed E-state index contributed by atoms with van der Waals surface area (Å²) in [5, 5.41) is 3.17. The number of hydrogen-bond donors (Lipinski definition) is 1. The van der Waals surface area contributed by atoms with E-state index in [2.05, 4.69) is 36.2 Å². The Morgan fingerprint density at radius 2 is 1.48 bits per heavy atom. The lowest BCUT2D eigenvalue weighted by molar-refractivity contribution is 0.851. The van der Waals surface area contributed by atoms with Crippen LogP contribution in [0.1, 0.15) is 11.6 Å². The van der Waals surface area contributed by atoms with Crippen LogP contribution in [0.3, 0.4) is 0 Å². The van der Waals surface area contributed by atoms with E-state index in [1.165, 1.54) is 0 Å². The Morgan fingerprint density at radius 3 is 1.96 bits per heavy atom. The zero-order valence-corrected chi connectivity index (χ0v) is 18.9. The lowest BCUT2D eigenvalue weighted by Gasteiger charge is -2.17. The summed E-state index contributed by atoms with van der Waals surface area (Å²) >= 11 is 44.6. The SMILES string of the molecule is ClCCNc1c(Br)cccc1-c1nc(C(Cl)(Cl)Cl)nc(C(Cl)(Cl)Cl)n1. The number of anilines is 1. The molecule has 0 aliphatic carbocycles. The number of nitrogens with zero attached hydrogens (tertiary/aromatic N) is 3. The van der Waals surface area contributed by atoms with Gasteiger partial charge in [-0.2, -0.15) is 0 Å². The Balaban J connectivity index is 2.69. The van der Waals surface area contributed by atoms with Crippen molar-refractivity contribution < 1.29 is 0 Å². The predicted molar refractivity (Wildman–Crippen MR) is 111 cm³/mol. The molecule has 0 amide bonds. The van der Waals surface area contributed by atoms with Gasteiger partial charge < -0.3 is 5.32 Å². The summed E-state index contributed by atoms with van der Waals surface area (Å²) in [5.74, 6) is 0.256. The number of halogens is 8. The van der Waals surface area contributed by atoms with Crippen molar-refractivity contribution in [3.63, 3.8) is 0 Å². The summed E-state index contributed by atoms with van der Waals surface area (Å²) in [6, 6.07) is 5.40. The second-order valence-corrected chi connectivity index (χ2v) is 10.4. The summed E-state index contributed by atoms with van der Waals surface area (Å²) in [6.45, 7) is 0.511. The van der Waals surface area contributed by atoms with Crippen molar-refractivity contribution in [2.45, 2.75) is 7.59 Å². The molecule has 12 heteroatoms. The molecule has 0 saturated carbocycles. The second kappa shape index (κ2) is 8.70. The number of benzene rings is 1. The van der Waals surface area contributed by atoms with Crippen LogP contribution in [-0.2, 0) is 7.59 Å². The van der Waals surface area contributed by atoms with Gasteiger partial charge in [-0.25, -0.2) is 15.0 Å². The normalized spacial score (nSPS) is 12.3. The lowest BCUT2D eigenvalue weighted by atomic mass is 10.1. The molecule has 0 saturated heterocycles. The van der Waals surface area contributed by atoms with Crippen molar-refractivity contribution >= 4 is 103 Å². The number of aromatic nitrogens is 3. The van der Waals surface area contributed by atoms with Gasteiger partial charge in [0.15, 0.2) is 17.5 Å². The molecule has 0 aliphatic rings. The van der Waals surface area contributed by atoms with Gasteiger partial charge in [0.05, 0.1) is 5.69 Å². The van der Waals surface area contributed by atoms with E-state index in [1.54, 1.807) is 12.1 Å². The van der Waals surface area contributed by atoms with Crippen molar-refractivity contribution in [2.24, 2.45) is 0 Å². The van der Waals surface area contributed by atoms with Crippen LogP contribution in [0, 0.1) is 0 Å². The van der Waals surface area contributed by atoms with Gasteiger partial charge in [-0.05, 0) is 28.1 Å². The first-order valence-corrected chi connectivity index (χ1v) is 10.1. The van der Waals surface area contributed by atoms with Crippen molar-refractivity contribution in [3.05, 3.63) is 34.3 Å². The van der Waals surface area contributed by atoms with Gasteiger partial charge in [0.25, 0.3) is 0 Å². The Kier molecular flexibility index (Phi) is 7.60. The summed E-state index contributed by atoms with van der Waals surface area (Å²) in [6.07, 6.45) is 0. The first-order chi connectivity index (χ1) is 11.5. The van der Waals surface area contributed by atoms with Crippen molar-refractivity contribution in [1.29, 1.82) is 0 Å². The van der Waals surface area contributed by atoms with Gasteiger partial charge in [0.1, 0.15) is 0 Å². The smallest absolute Gasteiger partial charge is 0.250 e. The third kappa shape index (κ3) is 5.76. The molecule has 0 unspecified atom stereocenters. The third-order valence-electron chi connectivity index (χ3n) is 2.79. The van der Waals surface area contributed by atoms with Crippen molar-refractivity contribution in [1.82, 2.24) is 15.0 Å². The number of para-hydroxylation sites is 1. The van der Waals surface area contributed by atoms with Gasteiger partial charge in [-0.1, -0.05) is 75.7 Å². The van der Waals surface area contributed by atoms with Crippen LogP contribution in [0.25, 0.3) is 11.4 Å². The zero-order valence-electron chi connectivity index (χ0n) is 12.0. The maximum Gasteiger partial charge on any atom is 0.250 e. The fourth-order valence-electron chi connectivity index (χ4n) is 1.81. The minimum atomic E-state index is -1.92. The fourth-order valence-corrected chi connectivity index (χ4v) is 2.92. The summed E-state index contributed by atoms with van der Waals surface area (Å²) in [5.41, 5.74) is 1.28. The molecule has 1 aromatic heterocycles. The van der Waals surface area contributed by atoms with E-state index in [0.29, 0.717) is 23.7 Å². The van der Waals surface area contributed by atoms with Crippen molar-refractivity contribution in [3.8, 4) is 11.4 Å².